The molecular formula is C18H18Cl2FN3O. The van der Waals surface area contributed by atoms with Crippen LogP contribution in [-0.2, 0) is 4.79 Å². The van der Waals surface area contributed by atoms with Crippen molar-refractivity contribution in [2.75, 3.05) is 42.9 Å². The molecule has 1 saturated heterocycles. The van der Waals surface area contributed by atoms with Crippen LogP contribution in [0, 0.1) is 5.82 Å². The maximum atomic E-state index is 13.8. The highest BCUT2D eigenvalue weighted by Crippen LogP contribution is 2.25. The standard InChI is InChI=1S/C18H18Cl2FN3O/c19-14-6-5-13(11-15(14)20)22-12-18(25)24-9-7-23(8-10-24)17-4-2-1-3-16(17)21/h1-6,11,22H,7-10,12H2. The molecule has 0 radical (unpaired) electrons. The second kappa shape index (κ2) is 7.93. The lowest BCUT2D eigenvalue weighted by molar-refractivity contribution is -0.129. The molecule has 1 aliphatic rings. The number of hydrogen-bond donors (Lipinski definition) is 1. The molecular weight excluding hydrogens is 364 g/mol. The molecule has 1 N–H and O–H groups in total. The summed E-state index contributed by atoms with van der Waals surface area (Å²) >= 11 is 11.8. The summed E-state index contributed by atoms with van der Waals surface area (Å²) in [5.74, 6) is -0.234. The summed E-state index contributed by atoms with van der Waals surface area (Å²) < 4.78 is 13.8. The van der Waals surface area contributed by atoms with Gasteiger partial charge in [0.2, 0.25) is 5.91 Å². The predicted octanol–water partition coefficient (Wildman–Crippen LogP) is 3.89. The Morgan fingerprint density at radius 1 is 1.04 bits per heavy atom. The molecule has 0 saturated carbocycles. The monoisotopic (exact) mass is 381 g/mol. The first-order chi connectivity index (χ1) is 12.0. The van der Waals surface area contributed by atoms with Gasteiger partial charge in [0.15, 0.2) is 0 Å². The molecule has 1 aliphatic heterocycles. The van der Waals surface area contributed by atoms with E-state index < -0.39 is 0 Å². The number of halogens is 3. The zero-order valence-electron chi connectivity index (χ0n) is 13.5. The molecule has 2 aromatic rings. The fourth-order valence-corrected chi connectivity index (χ4v) is 3.10. The fraction of sp³-hybridized carbons (Fsp3) is 0.278. The number of carbonyl (C=O) groups excluding carboxylic acids is 1. The number of rotatable bonds is 4. The Balaban J connectivity index is 1.51. The summed E-state index contributed by atoms with van der Waals surface area (Å²) in [4.78, 5) is 16.1. The quantitative estimate of drug-likeness (QED) is 0.872. The highest BCUT2D eigenvalue weighted by Gasteiger charge is 2.22. The van der Waals surface area contributed by atoms with Crippen LogP contribution in [0.4, 0.5) is 15.8 Å². The fourth-order valence-electron chi connectivity index (χ4n) is 2.80. The van der Waals surface area contributed by atoms with E-state index in [4.69, 9.17) is 23.2 Å². The van der Waals surface area contributed by atoms with E-state index in [1.807, 2.05) is 11.0 Å². The van der Waals surface area contributed by atoms with Crippen molar-refractivity contribution < 1.29 is 9.18 Å². The van der Waals surface area contributed by atoms with Crippen molar-refractivity contribution in [2.45, 2.75) is 0 Å². The molecule has 0 atom stereocenters. The number of hydrogen-bond acceptors (Lipinski definition) is 3. The molecule has 0 aliphatic carbocycles. The number of nitrogens with zero attached hydrogens (tertiary/aromatic N) is 2. The van der Waals surface area contributed by atoms with Crippen molar-refractivity contribution >= 4 is 40.5 Å². The van der Waals surface area contributed by atoms with Crippen molar-refractivity contribution in [3.63, 3.8) is 0 Å². The number of anilines is 2. The van der Waals surface area contributed by atoms with E-state index in [0.29, 0.717) is 41.9 Å². The molecule has 132 valence electrons. The lowest BCUT2D eigenvalue weighted by atomic mass is 10.2. The van der Waals surface area contributed by atoms with Gasteiger partial charge in [-0.05, 0) is 30.3 Å². The number of piperazine rings is 1. The van der Waals surface area contributed by atoms with Gasteiger partial charge < -0.3 is 15.1 Å². The van der Waals surface area contributed by atoms with Gasteiger partial charge in [0.05, 0.1) is 22.3 Å². The topological polar surface area (TPSA) is 35.6 Å². The van der Waals surface area contributed by atoms with Crippen LogP contribution >= 0.6 is 23.2 Å². The first kappa shape index (κ1) is 17.8. The molecule has 2 aromatic carbocycles. The molecule has 0 aromatic heterocycles. The molecule has 7 heteroatoms. The zero-order valence-corrected chi connectivity index (χ0v) is 15.0. The summed E-state index contributed by atoms with van der Waals surface area (Å²) in [6.07, 6.45) is 0. The Labute approximate surface area is 156 Å². The Bertz CT molecular complexity index is 764. The van der Waals surface area contributed by atoms with Crippen molar-refractivity contribution in [3.8, 4) is 0 Å². The first-order valence-corrected chi connectivity index (χ1v) is 8.76. The molecule has 4 nitrogen and oxygen atoms in total. The van der Waals surface area contributed by atoms with Gasteiger partial charge in [-0.1, -0.05) is 35.3 Å². The number of nitrogens with one attached hydrogen (secondary N) is 1. The van der Waals surface area contributed by atoms with Crippen LogP contribution in [0.5, 0.6) is 0 Å². The molecule has 1 fully saturated rings. The third-order valence-electron chi connectivity index (χ3n) is 4.19. The minimum absolute atomic E-state index is 0.000689. The third-order valence-corrected chi connectivity index (χ3v) is 4.93. The summed E-state index contributed by atoms with van der Waals surface area (Å²) in [7, 11) is 0. The lowest BCUT2D eigenvalue weighted by Crippen LogP contribution is -2.50. The van der Waals surface area contributed by atoms with Crippen LogP contribution in [0.3, 0.4) is 0 Å². The van der Waals surface area contributed by atoms with Crippen LogP contribution in [-0.4, -0.2) is 43.5 Å². The van der Waals surface area contributed by atoms with E-state index >= 15 is 0 Å². The van der Waals surface area contributed by atoms with E-state index in [1.54, 1.807) is 35.2 Å². The number of amides is 1. The summed E-state index contributed by atoms with van der Waals surface area (Å²) in [6.45, 7) is 2.53. The van der Waals surface area contributed by atoms with Crippen LogP contribution in [0.15, 0.2) is 42.5 Å². The van der Waals surface area contributed by atoms with Gasteiger partial charge in [-0.25, -0.2) is 4.39 Å². The average molecular weight is 382 g/mol. The number of benzene rings is 2. The Kier molecular flexibility index (Phi) is 5.66. The molecule has 3 rings (SSSR count). The second-order valence-electron chi connectivity index (χ2n) is 5.80. The Hall–Kier alpha value is -1.98. The molecule has 25 heavy (non-hydrogen) atoms. The maximum Gasteiger partial charge on any atom is 0.241 e. The predicted molar refractivity (Wildman–Crippen MR) is 100 cm³/mol. The number of para-hydroxylation sites is 1. The van der Waals surface area contributed by atoms with Gasteiger partial charge in [0.25, 0.3) is 0 Å². The smallest absolute Gasteiger partial charge is 0.241 e. The molecule has 1 amide bonds. The van der Waals surface area contributed by atoms with Crippen LogP contribution < -0.4 is 10.2 Å². The Morgan fingerprint density at radius 2 is 1.76 bits per heavy atom. The van der Waals surface area contributed by atoms with Gasteiger partial charge in [-0.15, -0.1) is 0 Å². The SMILES string of the molecule is O=C(CNc1ccc(Cl)c(Cl)c1)N1CCN(c2ccccc2F)CC1. The largest absolute Gasteiger partial charge is 0.376 e. The third kappa shape index (κ3) is 4.35. The van der Waals surface area contributed by atoms with Crippen molar-refractivity contribution in [1.82, 2.24) is 4.90 Å². The summed E-state index contributed by atoms with van der Waals surface area (Å²) in [5.41, 5.74) is 1.33. The molecule has 0 spiro atoms. The highest BCUT2D eigenvalue weighted by atomic mass is 35.5. The number of carbonyl (C=O) groups is 1. The van der Waals surface area contributed by atoms with E-state index in [1.165, 1.54) is 6.07 Å². The molecule has 1 heterocycles. The van der Waals surface area contributed by atoms with Gasteiger partial charge in [0, 0.05) is 31.9 Å². The highest BCUT2D eigenvalue weighted by molar-refractivity contribution is 6.42. The second-order valence-corrected chi connectivity index (χ2v) is 6.62. The minimum Gasteiger partial charge on any atom is -0.376 e. The molecule has 0 unspecified atom stereocenters. The normalized spacial score (nSPS) is 14.5. The summed E-state index contributed by atoms with van der Waals surface area (Å²) in [5, 5.41) is 3.97. The van der Waals surface area contributed by atoms with Crippen molar-refractivity contribution in [2.24, 2.45) is 0 Å². The van der Waals surface area contributed by atoms with E-state index in [9.17, 15) is 9.18 Å². The average Bonchev–Trinajstić information content (AvgIpc) is 2.63. The van der Waals surface area contributed by atoms with E-state index in [-0.39, 0.29) is 18.3 Å². The van der Waals surface area contributed by atoms with Crippen molar-refractivity contribution in [1.29, 1.82) is 0 Å². The van der Waals surface area contributed by atoms with Gasteiger partial charge in [-0.3, -0.25) is 4.79 Å². The van der Waals surface area contributed by atoms with E-state index in [0.717, 1.165) is 5.69 Å². The van der Waals surface area contributed by atoms with Crippen LogP contribution in [0.25, 0.3) is 0 Å². The van der Waals surface area contributed by atoms with E-state index in [2.05, 4.69) is 5.32 Å². The Morgan fingerprint density at radius 3 is 2.44 bits per heavy atom. The van der Waals surface area contributed by atoms with Crippen LogP contribution in [0.1, 0.15) is 0 Å². The van der Waals surface area contributed by atoms with Crippen molar-refractivity contribution in [3.05, 3.63) is 58.3 Å². The van der Waals surface area contributed by atoms with Gasteiger partial charge >= 0.3 is 0 Å². The first-order valence-electron chi connectivity index (χ1n) is 8.01. The molecule has 0 bridgehead atoms. The maximum absolute atomic E-state index is 13.8. The zero-order chi connectivity index (χ0) is 17.8. The van der Waals surface area contributed by atoms with Gasteiger partial charge in [0.1, 0.15) is 5.82 Å². The van der Waals surface area contributed by atoms with Crippen LogP contribution in [0.2, 0.25) is 10.0 Å². The summed E-state index contributed by atoms with van der Waals surface area (Å²) in [6, 6.07) is 11.9. The minimum atomic E-state index is -0.233. The lowest BCUT2D eigenvalue weighted by Gasteiger charge is -2.36. The van der Waals surface area contributed by atoms with Gasteiger partial charge in [-0.2, -0.15) is 0 Å².